The van der Waals surface area contributed by atoms with E-state index in [0.717, 1.165) is 70.6 Å². The number of allylic oxidation sites excluding steroid dienone is 15. The lowest BCUT2D eigenvalue weighted by Gasteiger charge is -2.18. The summed E-state index contributed by atoms with van der Waals surface area (Å²) in [6.45, 7) is 6.20. The molecular weight excluding hydrogens is 685 g/mol. The van der Waals surface area contributed by atoms with Crippen LogP contribution < -0.4 is 0 Å². The lowest BCUT2D eigenvalue weighted by atomic mass is 10.0. The van der Waals surface area contributed by atoms with Crippen molar-refractivity contribution in [2.45, 2.75) is 181 Å². The van der Waals surface area contributed by atoms with Crippen molar-refractivity contribution in [3.8, 4) is 0 Å². The standard InChI is InChI=1S/C49H78O6/c1-4-7-10-13-16-19-21-23-24-25-26-28-30-33-36-39-42-48(51)54-45-46(44-53-47(50)41-38-35-32-29-18-15-12-9-6-3)55-49(52)43-40-37-34-31-27-22-20-17-14-11-8-5-2/h7,9-10,12,16,18-19,23-24,26,28-29,33,35-36,38,46H,4-6,8,11,13-15,17,20-22,25,27,30-32,34,37,39-45H2,1-3H3/b10-7-,12-9-,19-16-,24-23-,28-26-,29-18-,36-33-,38-35-. The van der Waals surface area contributed by atoms with Crippen molar-refractivity contribution in [2.75, 3.05) is 13.2 Å². The zero-order valence-electron chi connectivity index (χ0n) is 35.1. The van der Waals surface area contributed by atoms with Crippen LogP contribution in [-0.4, -0.2) is 37.2 Å². The molecule has 0 radical (unpaired) electrons. The molecule has 1 unspecified atom stereocenters. The van der Waals surface area contributed by atoms with Crippen LogP contribution in [-0.2, 0) is 28.6 Å². The van der Waals surface area contributed by atoms with Gasteiger partial charge in [0.2, 0.25) is 0 Å². The summed E-state index contributed by atoms with van der Waals surface area (Å²) >= 11 is 0. The van der Waals surface area contributed by atoms with E-state index < -0.39 is 12.1 Å². The molecule has 0 spiro atoms. The predicted octanol–water partition coefficient (Wildman–Crippen LogP) is 13.9. The molecule has 0 N–H and O–H groups in total. The fourth-order valence-electron chi connectivity index (χ4n) is 5.43. The predicted molar refractivity (Wildman–Crippen MR) is 233 cm³/mol. The number of hydrogen-bond donors (Lipinski definition) is 0. The second-order valence-electron chi connectivity index (χ2n) is 13.9. The number of esters is 3. The summed E-state index contributed by atoms with van der Waals surface area (Å²) < 4.78 is 16.5. The lowest BCUT2D eigenvalue weighted by molar-refractivity contribution is -0.166. The van der Waals surface area contributed by atoms with Crippen LogP contribution in [0.3, 0.4) is 0 Å². The van der Waals surface area contributed by atoms with Gasteiger partial charge in [-0.3, -0.25) is 14.4 Å². The fourth-order valence-corrected chi connectivity index (χ4v) is 5.43. The van der Waals surface area contributed by atoms with Crippen molar-refractivity contribution >= 4 is 17.9 Å². The molecule has 0 aromatic heterocycles. The summed E-state index contributed by atoms with van der Waals surface area (Å²) in [5.74, 6) is -1.16. The molecule has 6 heteroatoms. The van der Waals surface area contributed by atoms with Crippen LogP contribution in [0.5, 0.6) is 0 Å². The van der Waals surface area contributed by atoms with Gasteiger partial charge in [-0.25, -0.2) is 0 Å². The minimum atomic E-state index is -0.838. The van der Waals surface area contributed by atoms with Gasteiger partial charge in [0.1, 0.15) is 13.2 Å². The van der Waals surface area contributed by atoms with Crippen LogP contribution in [0.1, 0.15) is 175 Å². The van der Waals surface area contributed by atoms with Crippen molar-refractivity contribution < 1.29 is 28.6 Å². The van der Waals surface area contributed by atoms with Crippen LogP contribution in [0.15, 0.2) is 97.2 Å². The third-order valence-corrected chi connectivity index (χ3v) is 8.63. The molecule has 0 saturated heterocycles. The zero-order chi connectivity index (χ0) is 40.1. The van der Waals surface area contributed by atoms with Gasteiger partial charge >= 0.3 is 17.9 Å². The third kappa shape index (κ3) is 41.3. The van der Waals surface area contributed by atoms with Gasteiger partial charge in [-0.2, -0.15) is 0 Å². The monoisotopic (exact) mass is 763 g/mol. The summed E-state index contributed by atoms with van der Waals surface area (Å²) in [4.78, 5) is 37.5. The molecule has 0 bridgehead atoms. The Bertz CT molecular complexity index is 1150. The molecule has 0 aromatic carbocycles. The minimum Gasteiger partial charge on any atom is -0.462 e. The van der Waals surface area contributed by atoms with Crippen LogP contribution in [0, 0.1) is 0 Å². The summed E-state index contributed by atoms with van der Waals surface area (Å²) in [6.07, 6.45) is 55.8. The zero-order valence-corrected chi connectivity index (χ0v) is 35.1. The second-order valence-corrected chi connectivity index (χ2v) is 13.9. The van der Waals surface area contributed by atoms with E-state index in [1.54, 1.807) is 6.08 Å². The number of hydrogen-bond acceptors (Lipinski definition) is 6. The van der Waals surface area contributed by atoms with Crippen LogP contribution in [0.4, 0.5) is 0 Å². The average molecular weight is 763 g/mol. The Morgan fingerprint density at radius 3 is 1.24 bits per heavy atom. The molecule has 0 rings (SSSR count). The largest absolute Gasteiger partial charge is 0.462 e. The van der Waals surface area contributed by atoms with E-state index in [0.29, 0.717) is 12.8 Å². The Hall–Kier alpha value is -3.67. The van der Waals surface area contributed by atoms with E-state index in [1.165, 1.54) is 57.8 Å². The molecule has 6 nitrogen and oxygen atoms in total. The Labute approximate surface area is 337 Å². The van der Waals surface area contributed by atoms with Gasteiger partial charge in [-0.05, 0) is 64.2 Å². The van der Waals surface area contributed by atoms with E-state index in [4.69, 9.17) is 14.2 Å². The van der Waals surface area contributed by atoms with Gasteiger partial charge in [0.05, 0.1) is 6.42 Å². The summed E-state index contributed by atoms with van der Waals surface area (Å²) in [7, 11) is 0. The van der Waals surface area contributed by atoms with Crippen LogP contribution >= 0.6 is 0 Å². The number of rotatable bonds is 37. The van der Waals surface area contributed by atoms with Crippen molar-refractivity contribution in [3.05, 3.63) is 97.2 Å². The topological polar surface area (TPSA) is 78.9 Å². The van der Waals surface area contributed by atoms with Gasteiger partial charge in [0.15, 0.2) is 6.10 Å². The van der Waals surface area contributed by atoms with E-state index in [1.807, 2.05) is 18.2 Å². The van der Waals surface area contributed by atoms with Gasteiger partial charge in [0, 0.05) is 12.8 Å². The average Bonchev–Trinajstić information content (AvgIpc) is 3.18. The van der Waals surface area contributed by atoms with Gasteiger partial charge < -0.3 is 14.2 Å². The molecule has 0 amide bonds. The molecule has 0 saturated carbocycles. The van der Waals surface area contributed by atoms with Crippen molar-refractivity contribution in [2.24, 2.45) is 0 Å². The molecule has 1 atom stereocenters. The molecule has 0 fully saturated rings. The molecular formula is C49H78O6. The quantitative estimate of drug-likeness (QED) is 0.0271. The van der Waals surface area contributed by atoms with Gasteiger partial charge in [-0.1, -0.05) is 189 Å². The second kappa shape index (κ2) is 43.1. The van der Waals surface area contributed by atoms with Gasteiger partial charge in [-0.15, -0.1) is 0 Å². The fraction of sp³-hybridized carbons (Fsp3) is 0.612. The molecule has 55 heavy (non-hydrogen) atoms. The third-order valence-electron chi connectivity index (χ3n) is 8.63. The van der Waals surface area contributed by atoms with Crippen LogP contribution in [0.2, 0.25) is 0 Å². The summed E-state index contributed by atoms with van der Waals surface area (Å²) in [5.41, 5.74) is 0. The first kappa shape index (κ1) is 51.3. The lowest BCUT2D eigenvalue weighted by Crippen LogP contribution is -2.30. The highest BCUT2D eigenvalue weighted by Crippen LogP contribution is 2.13. The first-order valence-electron chi connectivity index (χ1n) is 21.7. The molecule has 0 aliphatic heterocycles. The number of carbonyl (C=O) groups excluding carboxylic acids is 3. The van der Waals surface area contributed by atoms with E-state index in [9.17, 15) is 14.4 Å². The van der Waals surface area contributed by atoms with E-state index >= 15 is 0 Å². The Morgan fingerprint density at radius 2 is 0.782 bits per heavy atom. The Kier molecular flexibility index (Phi) is 40.2. The van der Waals surface area contributed by atoms with Crippen molar-refractivity contribution in [1.29, 1.82) is 0 Å². The molecule has 0 aliphatic rings. The highest BCUT2D eigenvalue weighted by molar-refractivity contribution is 5.72. The first-order valence-corrected chi connectivity index (χ1v) is 21.7. The number of ether oxygens (including phenoxy) is 3. The smallest absolute Gasteiger partial charge is 0.309 e. The van der Waals surface area contributed by atoms with E-state index in [-0.39, 0.29) is 38.0 Å². The summed E-state index contributed by atoms with van der Waals surface area (Å²) in [5, 5.41) is 0. The Morgan fingerprint density at radius 1 is 0.400 bits per heavy atom. The van der Waals surface area contributed by atoms with Gasteiger partial charge in [0.25, 0.3) is 0 Å². The molecule has 0 aliphatic carbocycles. The molecule has 0 aromatic rings. The number of unbranched alkanes of at least 4 members (excludes halogenated alkanes) is 11. The molecule has 0 heterocycles. The summed E-state index contributed by atoms with van der Waals surface area (Å²) in [6, 6.07) is 0. The van der Waals surface area contributed by atoms with Crippen molar-refractivity contribution in [3.63, 3.8) is 0 Å². The number of carbonyl (C=O) groups is 3. The van der Waals surface area contributed by atoms with Crippen LogP contribution in [0.25, 0.3) is 0 Å². The van der Waals surface area contributed by atoms with E-state index in [2.05, 4.69) is 93.7 Å². The first-order chi connectivity index (χ1) is 27.0. The maximum absolute atomic E-state index is 12.7. The molecule has 310 valence electrons. The SMILES string of the molecule is CC/C=C\C/C=C\C/C=C\C/C=C\C/C=C\CCC(=O)OCC(COC(=O)C/C=C\C/C=C\C/C=C\CC)OC(=O)CCCCCCCCCCCCCC. The Balaban J connectivity index is 4.56. The highest BCUT2D eigenvalue weighted by atomic mass is 16.6. The maximum Gasteiger partial charge on any atom is 0.309 e. The minimum absolute atomic E-state index is 0.121. The maximum atomic E-state index is 12.7. The normalized spacial score (nSPS) is 13.0. The van der Waals surface area contributed by atoms with Crippen molar-refractivity contribution in [1.82, 2.24) is 0 Å². The highest BCUT2D eigenvalue weighted by Gasteiger charge is 2.19.